The molecule has 2 rings (SSSR count). The molecule has 2 heterocycles. The molecular formula is C9H15N3S2. The van der Waals surface area contributed by atoms with Gasteiger partial charge in [-0.25, -0.2) is 0 Å². The van der Waals surface area contributed by atoms with Gasteiger partial charge in [-0.2, -0.15) is 16.9 Å². The van der Waals surface area contributed by atoms with Crippen molar-refractivity contribution in [2.45, 2.75) is 32.2 Å². The number of hydrogen-bond acceptors (Lipinski definition) is 3. The molecule has 1 aliphatic heterocycles. The van der Waals surface area contributed by atoms with E-state index in [-0.39, 0.29) is 0 Å². The van der Waals surface area contributed by atoms with Crippen LogP contribution in [0.3, 0.4) is 0 Å². The molecule has 0 saturated carbocycles. The summed E-state index contributed by atoms with van der Waals surface area (Å²) < 4.78 is 3.01. The molecule has 3 nitrogen and oxygen atoms in total. The molecule has 0 aliphatic carbocycles. The Kier molecular flexibility index (Phi) is 3.28. The highest BCUT2D eigenvalue weighted by molar-refractivity contribution is 7.99. The molecule has 0 amide bonds. The number of H-pyrrole nitrogens is 1. The maximum absolute atomic E-state index is 5.26. The SMILES string of the molecule is CCCc1n[nH]c(=S)n1C1CCSC1. The van der Waals surface area contributed by atoms with Crippen molar-refractivity contribution in [1.29, 1.82) is 0 Å². The number of nitrogens with one attached hydrogen (secondary N) is 1. The summed E-state index contributed by atoms with van der Waals surface area (Å²) in [4.78, 5) is 0. The number of aromatic nitrogens is 3. The van der Waals surface area contributed by atoms with Crippen LogP contribution in [0.4, 0.5) is 0 Å². The Labute approximate surface area is 93.3 Å². The van der Waals surface area contributed by atoms with E-state index >= 15 is 0 Å². The maximum Gasteiger partial charge on any atom is 0.195 e. The van der Waals surface area contributed by atoms with E-state index in [1.54, 1.807) is 0 Å². The molecule has 0 bridgehead atoms. The number of aromatic amines is 1. The molecule has 0 spiro atoms. The predicted molar refractivity (Wildman–Crippen MR) is 62.4 cm³/mol. The lowest BCUT2D eigenvalue weighted by molar-refractivity contribution is 0.526. The number of thioether (sulfide) groups is 1. The fourth-order valence-electron chi connectivity index (χ4n) is 1.84. The van der Waals surface area contributed by atoms with Crippen molar-refractivity contribution in [2.24, 2.45) is 0 Å². The lowest BCUT2D eigenvalue weighted by atomic mass is 10.2. The second kappa shape index (κ2) is 4.49. The first-order chi connectivity index (χ1) is 6.83. The lowest BCUT2D eigenvalue weighted by Gasteiger charge is -2.12. The minimum atomic E-state index is 0.577. The van der Waals surface area contributed by atoms with Crippen molar-refractivity contribution in [3.8, 4) is 0 Å². The van der Waals surface area contributed by atoms with E-state index in [2.05, 4.69) is 21.7 Å². The Morgan fingerprint density at radius 1 is 1.71 bits per heavy atom. The van der Waals surface area contributed by atoms with Crippen LogP contribution in [0.1, 0.15) is 31.6 Å². The fourth-order valence-corrected chi connectivity index (χ4v) is 3.33. The van der Waals surface area contributed by atoms with E-state index in [1.165, 1.54) is 17.9 Å². The van der Waals surface area contributed by atoms with Gasteiger partial charge in [0.15, 0.2) is 4.77 Å². The van der Waals surface area contributed by atoms with Crippen molar-refractivity contribution in [1.82, 2.24) is 14.8 Å². The normalized spacial score (nSPS) is 21.6. The Hall–Kier alpha value is -0.290. The second-order valence-corrected chi connectivity index (χ2v) is 5.12. The molecule has 1 N–H and O–H groups in total. The summed E-state index contributed by atoms with van der Waals surface area (Å²) in [7, 11) is 0. The van der Waals surface area contributed by atoms with Gasteiger partial charge in [0.05, 0.1) is 0 Å². The van der Waals surface area contributed by atoms with Crippen LogP contribution >= 0.6 is 24.0 Å². The molecular weight excluding hydrogens is 214 g/mol. The number of hydrogen-bond donors (Lipinski definition) is 1. The third kappa shape index (κ3) is 1.88. The molecule has 14 heavy (non-hydrogen) atoms. The smallest absolute Gasteiger partial charge is 0.195 e. The van der Waals surface area contributed by atoms with E-state index in [9.17, 15) is 0 Å². The van der Waals surface area contributed by atoms with Crippen LogP contribution in [0.5, 0.6) is 0 Å². The first-order valence-corrected chi connectivity index (χ1v) is 6.62. The van der Waals surface area contributed by atoms with Gasteiger partial charge in [-0.3, -0.25) is 5.10 Å². The Bertz CT molecular complexity index is 349. The quantitative estimate of drug-likeness (QED) is 0.809. The largest absolute Gasteiger partial charge is 0.300 e. The van der Waals surface area contributed by atoms with Gasteiger partial charge in [0, 0.05) is 18.2 Å². The predicted octanol–water partition coefficient (Wildman–Crippen LogP) is 2.57. The van der Waals surface area contributed by atoms with Crippen LogP contribution in [-0.4, -0.2) is 26.3 Å². The van der Waals surface area contributed by atoms with Gasteiger partial charge in [0.1, 0.15) is 5.82 Å². The zero-order valence-electron chi connectivity index (χ0n) is 8.32. The summed E-state index contributed by atoms with van der Waals surface area (Å²) in [6.07, 6.45) is 3.38. The van der Waals surface area contributed by atoms with E-state index in [0.717, 1.165) is 23.4 Å². The van der Waals surface area contributed by atoms with Gasteiger partial charge < -0.3 is 4.57 Å². The maximum atomic E-state index is 5.26. The van der Waals surface area contributed by atoms with Gasteiger partial charge in [-0.1, -0.05) is 6.92 Å². The molecule has 0 radical (unpaired) electrons. The Morgan fingerprint density at radius 2 is 2.57 bits per heavy atom. The lowest BCUT2D eigenvalue weighted by Crippen LogP contribution is -2.11. The minimum absolute atomic E-state index is 0.577. The fraction of sp³-hybridized carbons (Fsp3) is 0.778. The summed E-state index contributed by atoms with van der Waals surface area (Å²) in [6, 6.07) is 0.577. The van der Waals surface area contributed by atoms with Gasteiger partial charge in [0.25, 0.3) is 0 Å². The molecule has 5 heteroatoms. The van der Waals surface area contributed by atoms with Gasteiger partial charge in [0.2, 0.25) is 0 Å². The van der Waals surface area contributed by atoms with Crippen molar-refractivity contribution < 1.29 is 0 Å². The average Bonchev–Trinajstić information content (AvgIpc) is 2.76. The highest BCUT2D eigenvalue weighted by Crippen LogP contribution is 2.28. The monoisotopic (exact) mass is 229 g/mol. The number of rotatable bonds is 3. The molecule has 1 aromatic rings. The van der Waals surface area contributed by atoms with E-state index in [0.29, 0.717) is 6.04 Å². The van der Waals surface area contributed by atoms with E-state index in [4.69, 9.17) is 12.2 Å². The summed E-state index contributed by atoms with van der Waals surface area (Å²) in [5, 5.41) is 7.19. The standard InChI is InChI=1S/C9H15N3S2/c1-2-3-8-10-11-9(13)12(8)7-4-5-14-6-7/h7H,2-6H2,1H3,(H,11,13). The van der Waals surface area contributed by atoms with Crippen molar-refractivity contribution in [3.63, 3.8) is 0 Å². The van der Waals surface area contributed by atoms with Crippen LogP contribution in [0, 0.1) is 4.77 Å². The molecule has 1 atom stereocenters. The highest BCUT2D eigenvalue weighted by Gasteiger charge is 2.20. The summed E-state index contributed by atoms with van der Waals surface area (Å²) in [5.74, 6) is 3.57. The first-order valence-electron chi connectivity index (χ1n) is 5.06. The van der Waals surface area contributed by atoms with Crippen LogP contribution in [0.2, 0.25) is 0 Å². The zero-order valence-corrected chi connectivity index (χ0v) is 9.96. The number of nitrogens with zero attached hydrogens (tertiary/aromatic N) is 2. The van der Waals surface area contributed by atoms with Gasteiger partial charge in [-0.05, 0) is 30.8 Å². The molecule has 1 aliphatic rings. The molecule has 0 aromatic carbocycles. The van der Waals surface area contributed by atoms with Crippen LogP contribution in [-0.2, 0) is 6.42 Å². The minimum Gasteiger partial charge on any atom is -0.300 e. The summed E-state index contributed by atoms with van der Waals surface area (Å²) in [5.41, 5.74) is 0. The Morgan fingerprint density at radius 3 is 3.21 bits per heavy atom. The van der Waals surface area contributed by atoms with Gasteiger partial charge in [-0.15, -0.1) is 0 Å². The van der Waals surface area contributed by atoms with Crippen molar-refractivity contribution >= 4 is 24.0 Å². The summed E-state index contributed by atoms with van der Waals surface area (Å²) >= 11 is 7.27. The average molecular weight is 229 g/mol. The third-order valence-corrected chi connectivity index (χ3v) is 3.95. The van der Waals surface area contributed by atoms with Crippen LogP contribution in [0.25, 0.3) is 0 Å². The molecule has 1 aromatic heterocycles. The molecule has 1 saturated heterocycles. The van der Waals surface area contributed by atoms with E-state index < -0.39 is 0 Å². The number of aryl methyl sites for hydroxylation is 1. The Balaban J connectivity index is 2.28. The second-order valence-electron chi connectivity index (χ2n) is 3.58. The van der Waals surface area contributed by atoms with Crippen LogP contribution < -0.4 is 0 Å². The molecule has 78 valence electrons. The van der Waals surface area contributed by atoms with E-state index in [1.807, 2.05) is 11.8 Å². The third-order valence-electron chi connectivity index (χ3n) is 2.52. The molecule has 1 fully saturated rings. The summed E-state index contributed by atoms with van der Waals surface area (Å²) in [6.45, 7) is 2.17. The molecule has 1 unspecified atom stereocenters. The highest BCUT2D eigenvalue weighted by atomic mass is 32.2. The zero-order chi connectivity index (χ0) is 9.97. The van der Waals surface area contributed by atoms with Crippen molar-refractivity contribution in [3.05, 3.63) is 10.6 Å². The first kappa shape index (κ1) is 10.2. The van der Waals surface area contributed by atoms with Crippen molar-refractivity contribution in [2.75, 3.05) is 11.5 Å². The van der Waals surface area contributed by atoms with Crippen LogP contribution in [0.15, 0.2) is 0 Å². The van der Waals surface area contributed by atoms with Gasteiger partial charge >= 0.3 is 0 Å². The topological polar surface area (TPSA) is 33.6 Å².